The van der Waals surface area contributed by atoms with Gasteiger partial charge in [-0.3, -0.25) is 14.4 Å². The van der Waals surface area contributed by atoms with Gasteiger partial charge in [-0.2, -0.15) is 42.9 Å². The Kier molecular flexibility index (Phi) is 16.7. The Labute approximate surface area is 396 Å². The molecule has 1 amide bonds. The predicted octanol–water partition coefficient (Wildman–Crippen LogP) is 9.78. The van der Waals surface area contributed by atoms with Crippen LogP contribution in [0.25, 0.3) is 0 Å². The summed E-state index contributed by atoms with van der Waals surface area (Å²) in [4.78, 5) is 43.5. The van der Waals surface area contributed by atoms with Crippen LogP contribution in [0.4, 0.5) is 0 Å². The van der Waals surface area contributed by atoms with Crippen molar-refractivity contribution in [1.82, 2.24) is 44.9 Å². The first kappa shape index (κ1) is 49.1. The average molecular weight is 971 g/mol. The first-order valence-electron chi connectivity index (χ1n) is 21.7. The molecule has 4 fully saturated rings. The summed E-state index contributed by atoms with van der Waals surface area (Å²) in [5.41, 5.74) is 8.23. The largest absolute Gasteiger partial charge is 0.483 e. The maximum Gasteiger partial charge on any atom is 0.290 e. The third-order valence-corrected chi connectivity index (χ3v) is 15.5. The van der Waals surface area contributed by atoms with Gasteiger partial charge >= 0.3 is 0 Å². The SMILES string of the molecule is C[C@@](CC(=O)c1ccsc1)(c1cn(C2(C(N)=O)CC2)nn1)C1CCCCC1.C[C@@](CCc1ccsc1)(c1cn(C2(C#N)CC2)nn1)C1CCCCC1.Clc1nc(Cl)nc(Cl)n1.O=CO. The molecule has 5 heterocycles. The highest BCUT2D eigenvalue weighted by molar-refractivity contribution is 7.08. The van der Waals surface area contributed by atoms with Crippen LogP contribution in [0, 0.1) is 23.2 Å². The van der Waals surface area contributed by atoms with Crippen molar-refractivity contribution in [3.05, 3.63) is 84.4 Å². The Balaban J connectivity index is 0.000000170. The molecule has 0 aromatic carbocycles. The van der Waals surface area contributed by atoms with E-state index in [-0.39, 0.29) is 44.8 Å². The second-order valence-electron chi connectivity index (χ2n) is 17.6. The molecule has 0 spiro atoms. The molecular weight excluding hydrogens is 917 g/mol. The smallest absolute Gasteiger partial charge is 0.290 e. The third-order valence-electron chi connectivity index (χ3n) is 13.6. The molecule has 2 atom stereocenters. The molecule has 5 aromatic heterocycles. The zero-order chi connectivity index (χ0) is 46.0. The van der Waals surface area contributed by atoms with Crippen molar-refractivity contribution < 1.29 is 19.5 Å². The fraction of sp³-hybridized carbons (Fsp3) is 0.568. The van der Waals surface area contributed by atoms with Crippen LogP contribution in [-0.2, 0) is 37.9 Å². The van der Waals surface area contributed by atoms with Crippen LogP contribution >= 0.6 is 57.5 Å². The molecule has 342 valence electrons. The lowest BCUT2D eigenvalue weighted by atomic mass is 9.65. The minimum Gasteiger partial charge on any atom is -0.483 e. The number of nitrogens with zero attached hydrogens (tertiary/aromatic N) is 10. The van der Waals surface area contributed by atoms with Gasteiger partial charge < -0.3 is 10.8 Å². The number of hydrogen-bond acceptors (Lipinski definition) is 13. The Morgan fingerprint density at radius 3 is 1.80 bits per heavy atom. The van der Waals surface area contributed by atoms with Crippen molar-refractivity contribution >= 4 is 75.6 Å². The summed E-state index contributed by atoms with van der Waals surface area (Å²) < 4.78 is 3.48. The molecule has 9 rings (SSSR count). The summed E-state index contributed by atoms with van der Waals surface area (Å²) in [6, 6.07) is 6.55. The molecule has 3 N–H and O–H groups in total. The van der Waals surface area contributed by atoms with Gasteiger partial charge in [-0.15, -0.1) is 10.2 Å². The monoisotopic (exact) mass is 969 g/mol. The lowest BCUT2D eigenvalue weighted by molar-refractivity contribution is -0.123. The van der Waals surface area contributed by atoms with Crippen molar-refractivity contribution in [1.29, 1.82) is 5.26 Å². The predicted molar refractivity (Wildman–Crippen MR) is 247 cm³/mol. The van der Waals surface area contributed by atoms with Crippen LogP contribution in [0.15, 0.2) is 46.0 Å². The summed E-state index contributed by atoms with van der Waals surface area (Å²) in [6.45, 7) is 4.28. The van der Waals surface area contributed by atoms with Gasteiger partial charge in [-0.05, 0) is 145 Å². The molecule has 4 aliphatic rings. The molecule has 15 nitrogen and oxygen atoms in total. The zero-order valence-electron chi connectivity index (χ0n) is 36.0. The molecule has 64 heavy (non-hydrogen) atoms. The molecule has 20 heteroatoms. The Morgan fingerprint density at radius 2 is 1.33 bits per heavy atom. The number of carbonyl (C=O) groups excluding carboxylic acids is 2. The van der Waals surface area contributed by atoms with E-state index in [9.17, 15) is 14.9 Å². The highest BCUT2D eigenvalue weighted by atomic mass is 35.5. The normalized spacial score (nSPS) is 19.3. The minimum atomic E-state index is -0.712. The molecule has 0 bridgehead atoms. The number of carbonyl (C=O) groups is 3. The summed E-state index contributed by atoms with van der Waals surface area (Å²) in [5.74, 6) is 0.854. The summed E-state index contributed by atoms with van der Waals surface area (Å²) in [7, 11) is 0. The van der Waals surface area contributed by atoms with Crippen LogP contribution in [0.3, 0.4) is 0 Å². The summed E-state index contributed by atoms with van der Waals surface area (Å²) in [6.07, 6.45) is 22.2. The second-order valence-corrected chi connectivity index (χ2v) is 20.2. The number of thiophene rings is 2. The number of ketones is 1. The van der Waals surface area contributed by atoms with Gasteiger partial charge in [0.1, 0.15) is 5.54 Å². The van der Waals surface area contributed by atoms with Gasteiger partial charge in [0.05, 0.1) is 29.9 Å². The van der Waals surface area contributed by atoms with E-state index in [1.54, 1.807) is 16.0 Å². The van der Waals surface area contributed by atoms with Crippen LogP contribution in [0.1, 0.15) is 144 Å². The van der Waals surface area contributed by atoms with E-state index in [2.05, 4.69) is 78.5 Å². The van der Waals surface area contributed by atoms with Gasteiger partial charge in [0.2, 0.25) is 21.8 Å². The van der Waals surface area contributed by atoms with Crippen molar-refractivity contribution in [2.45, 2.75) is 145 Å². The third kappa shape index (κ3) is 11.7. The first-order valence-corrected chi connectivity index (χ1v) is 24.7. The summed E-state index contributed by atoms with van der Waals surface area (Å²) in [5, 5.41) is 42.3. The number of primary amides is 1. The topological polar surface area (TPSA) is 221 Å². The maximum atomic E-state index is 12.9. The molecule has 4 saturated carbocycles. The van der Waals surface area contributed by atoms with Crippen LogP contribution in [0.2, 0.25) is 15.9 Å². The number of Topliss-reactive ketones (excluding diaryl/α,β-unsaturated/α-hetero) is 1. The average Bonchev–Trinajstić information content (AvgIpc) is 3.80. The number of nitriles is 1. The second kappa shape index (κ2) is 21.8. The van der Waals surface area contributed by atoms with Crippen LogP contribution < -0.4 is 5.73 Å². The van der Waals surface area contributed by atoms with E-state index in [0.29, 0.717) is 31.1 Å². The molecule has 5 aromatic rings. The highest BCUT2D eigenvalue weighted by Crippen LogP contribution is 2.48. The number of aromatic nitrogens is 9. The lowest BCUT2D eigenvalue weighted by Gasteiger charge is -2.38. The van der Waals surface area contributed by atoms with Crippen molar-refractivity contribution in [3.63, 3.8) is 0 Å². The Morgan fingerprint density at radius 1 is 0.828 bits per heavy atom. The van der Waals surface area contributed by atoms with E-state index in [0.717, 1.165) is 55.5 Å². The number of hydrogen-bond donors (Lipinski definition) is 2. The van der Waals surface area contributed by atoms with Gasteiger partial charge in [0, 0.05) is 28.2 Å². The molecule has 0 aliphatic heterocycles. The Bertz CT molecular complexity index is 2300. The fourth-order valence-electron chi connectivity index (χ4n) is 9.15. The Hall–Kier alpha value is -4.34. The van der Waals surface area contributed by atoms with E-state index in [4.69, 9.17) is 50.4 Å². The standard InChI is InChI=1S/C20H26N4O2S.C20H26N4S.C3Cl3N3.CH2O2/c1-19(15-5-3-2-4-6-15,11-16(25)14-7-10-27-13-14)17-12-24(23-22-17)20(8-9-20)18(21)26;1-19(17-5-3-2-4-6-17,9-7-16-8-12-25-14-16)18-13-24(23-22-18)20(15-21)10-11-20;4-1-7-2(5)9-3(6)8-1;2-1-3/h7,10,12-13,15H,2-6,8-9,11H2,1H3,(H2,21,26);8,12-14,17H,2-7,9-11H2,1H3;;1H,(H,2,3)/t2*19-;;/m00../s1. The number of halogens is 3. The fourth-order valence-corrected chi connectivity index (χ4v) is 11.1. The highest BCUT2D eigenvalue weighted by Gasteiger charge is 2.53. The molecule has 0 radical (unpaired) electrons. The van der Waals surface area contributed by atoms with Crippen molar-refractivity contribution in [2.75, 3.05) is 0 Å². The minimum absolute atomic E-state index is 0.000000000000000444. The van der Waals surface area contributed by atoms with Gasteiger partial charge in [-0.1, -0.05) is 62.8 Å². The number of rotatable bonds is 13. The van der Waals surface area contributed by atoms with Gasteiger partial charge in [-0.25, -0.2) is 9.36 Å². The quantitative estimate of drug-likeness (QED) is 0.0832. The maximum absolute atomic E-state index is 12.9. The number of nitrogens with two attached hydrogens (primary N) is 1. The first-order chi connectivity index (χ1) is 30.7. The molecular formula is C44H54Cl3N11O4S2. The van der Waals surface area contributed by atoms with E-state index in [1.807, 2.05) is 27.7 Å². The van der Waals surface area contributed by atoms with Crippen molar-refractivity contribution in [3.8, 4) is 6.07 Å². The van der Waals surface area contributed by atoms with Crippen molar-refractivity contribution in [2.24, 2.45) is 17.6 Å². The van der Waals surface area contributed by atoms with E-state index in [1.165, 1.54) is 68.3 Å². The van der Waals surface area contributed by atoms with Crippen LogP contribution in [-0.4, -0.2) is 68.2 Å². The number of carboxylic acid groups (broad SMARTS) is 1. The zero-order valence-corrected chi connectivity index (χ0v) is 39.9. The molecule has 0 unspecified atom stereocenters. The van der Waals surface area contributed by atoms with E-state index < -0.39 is 11.1 Å². The number of aryl methyl sites for hydroxylation is 1. The van der Waals surface area contributed by atoms with Crippen LogP contribution in [0.5, 0.6) is 0 Å². The molecule has 4 aliphatic carbocycles. The summed E-state index contributed by atoms with van der Waals surface area (Å²) >= 11 is 19.3. The lowest BCUT2D eigenvalue weighted by Crippen LogP contribution is -2.37. The molecule has 0 saturated heterocycles. The van der Waals surface area contributed by atoms with E-state index >= 15 is 0 Å². The van der Waals surface area contributed by atoms with Gasteiger partial charge in [0.25, 0.3) is 6.47 Å². The van der Waals surface area contributed by atoms with Gasteiger partial charge in [0.15, 0.2) is 11.3 Å². The number of amides is 1.